The molecule has 3 N–H and O–H groups in total. The van der Waals surface area contributed by atoms with Crippen molar-refractivity contribution in [3.05, 3.63) is 29.6 Å². The summed E-state index contributed by atoms with van der Waals surface area (Å²) in [6, 6.07) is 3.95. The highest BCUT2D eigenvalue weighted by Gasteiger charge is 2.15. The fourth-order valence-corrected chi connectivity index (χ4v) is 2.39. The molecule has 1 aromatic rings. The van der Waals surface area contributed by atoms with Gasteiger partial charge in [0.1, 0.15) is 5.82 Å². The zero-order chi connectivity index (χ0) is 15.2. The lowest BCUT2D eigenvalue weighted by Crippen LogP contribution is -2.38. The second-order valence-electron chi connectivity index (χ2n) is 5.30. The number of rotatable bonds is 4. The lowest BCUT2D eigenvalue weighted by molar-refractivity contribution is -0.114. The molecule has 1 heterocycles. The molecule has 6 heteroatoms. The molecule has 1 unspecified atom stereocenters. The van der Waals surface area contributed by atoms with Crippen LogP contribution in [-0.2, 0) is 4.79 Å². The van der Waals surface area contributed by atoms with Gasteiger partial charge in [-0.3, -0.25) is 9.59 Å². The standard InChI is InChI=1S/C15H20FN3O2/c1-10(20)19-14-7-12(4-5-13(14)16)15(21)18-9-11-3-2-6-17-8-11/h4-5,7,11,17H,2-3,6,8-9H2,1H3,(H,18,21)(H,19,20). The maximum atomic E-state index is 13.5. The van der Waals surface area contributed by atoms with E-state index in [-0.39, 0.29) is 17.5 Å². The topological polar surface area (TPSA) is 70.2 Å². The summed E-state index contributed by atoms with van der Waals surface area (Å²) in [5.74, 6) is -0.761. The number of benzene rings is 1. The molecule has 0 aromatic heterocycles. The molecule has 1 aliphatic heterocycles. The molecule has 1 saturated heterocycles. The van der Waals surface area contributed by atoms with Crippen molar-refractivity contribution in [1.29, 1.82) is 0 Å². The lowest BCUT2D eigenvalue weighted by atomic mass is 9.99. The highest BCUT2D eigenvalue weighted by molar-refractivity contribution is 5.96. The Hall–Kier alpha value is -1.95. The van der Waals surface area contributed by atoms with E-state index in [2.05, 4.69) is 16.0 Å². The van der Waals surface area contributed by atoms with E-state index in [1.165, 1.54) is 25.1 Å². The fraction of sp³-hybridized carbons (Fsp3) is 0.467. The van der Waals surface area contributed by atoms with Gasteiger partial charge in [0.2, 0.25) is 5.91 Å². The Balaban J connectivity index is 1.96. The average molecular weight is 293 g/mol. The van der Waals surface area contributed by atoms with Crippen molar-refractivity contribution in [2.24, 2.45) is 5.92 Å². The van der Waals surface area contributed by atoms with Gasteiger partial charge in [-0.1, -0.05) is 0 Å². The molecule has 114 valence electrons. The van der Waals surface area contributed by atoms with Crippen molar-refractivity contribution >= 4 is 17.5 Å². The van der Waals surface area contributed by atoms with Crippen LogP contribution in [0.4, 0.5) is 10.1 Å². The van der Waals surface area contributed by atoms with Crippen LogP contribution >= 0.6 is 0 Å². The predicted octanol–water partition coefficient (Wildman–Crippen LogP) is 1.51. The molecule has 0 aliphatic carbocycles. The third-order valence-electron chi connectivity index (χ3n) is 3.49. The summed E-state index contributed by atoms with van der Waals surface area (Å²) >= 11 is 0. The molecular weight excluding hydrogens is 273 g/mol. The molecule has 2 rings (SSSR count). The van der Waals surface area contributed by atoms with E-state index in [0.29, 0.717) is 18.0 Å². The monoisotopic (exact) mass is 293 g/mol. The van der Waals surface area contributed by atoms with Crippen molar-refractivity contribution in [2.75, 3.05) is 25.0 Å². The Morgan fingerprint density at radius 2 is 2.24 bits per heavy atom. The maximum Gasteiger partial charge on any atom is 0.251 e. The molecule has 0 spiro atoms. The first-order valence-corrected chi connectivity index (χ1v) is 7.12. The summed E-state index contributed by atoms with van der Waals surface area (Å²) in [7, 11) is 0. The molecule has 21 heavy (non-hydrogen) atoms. The first-order valence-electron chi connectivity index (χ1n) is 7.12. The Kier molecular flexibility index (Phi) is 5.27. The van der Waals surface area contributed by atoms with Gasteiger partial charge in [0, 0.05) is 19.0 Å². The van der Waals surface area contributed by atoms with Gasteiger partial charge >= 0.3 is 0 Å². The second-order valence-corrected chi connectivity index (χ2v) is 5.30. The van der Waals surface area contributed by atoms with E-state index < -0.39 is 5.82 Å². The Labute approximate surface area is 123 Å². The van der Waals surface area contributed by atoms with E-state index in [0.717, 1.165) is 25.9 Å². The van der Waals surface area contributed by atoms with E-state index >= 15 is 0 Å². The number of amides is 2. The summed E-state index contributed by atoms with van der Waals surface area (Å²) in [6.07, 6.45) is 2.21. The van der Waals surface area contributed by atoms with Gasteiger partial charge in [0.15, 0.2) is 0 Å². The highest BCUT2D eigenvalue weighted by Crippen LogP contribution is 2.16. The minimum atomic E-state index is -0.557. The molecule has 1 aromatic carbocycles. The quantitative estimate of drug-likeness (QED) is 0.788. The average Bonchev–Trinajstić information content (AvgIpc) is 2.47. The molecule has 0 bridgehead atoms. The smallest absolute Gasteiger partial charge is 0.251 e. The van der Waals surface area contributed by atoms with Gasteiger partial charge in [-0.15, -0.1) is 0 Å². The van der Waals surface area contributed by atoms with Gasteiger partial charge in [-0.05, 0) is 50.0 Å². The van der Waals surface area contributed by atoms with Gasteiger partial charge in [0.05, 0.1) is 5.69 Å². The summed E-state index contributed by atoms with van der Waals surface area (Å²) in [4.78, 5) is 23.1. The van der Waals surface area contributed by atoms with E-state index in [4.69, 9.17) is 0 Å². The molecule has 5 nitrogen and oxygen atoms in total. The van der Waals surface area contributed by atoms with E-state index in [1.807, 2.05) is 0 Å². The molecular formula is C15H20FN3O2. The minimum Gasteiger partial charge on any atom is -0.352 e. The van der Waals surface area contributed by atoms with Crippen molar-refractivity contribution in [2.45, 2.75) is 19.8 Å². The van der Waals surface area contributed by atoms with Crippen LogP contribution in [0.15, 0.2) is 18.2 Å². The van der Waals surface area contributed by atoms with Gasteiger partial charge in [-0.25, -0.2) is 4.39 Å². The Morgan fingerprint density at radius 1 is 1.43 bits per heavy atom. The third-order valence-corrected chi connectivity index (χ3v) is 3.49. The van der Waals surface area contributed by atoms with E-state index in [9.17, 15) is 14.0 Å². The third kappa shape index (κ3) is 4.53. The first-order chi connectivity index (χ1) is 10.1. The van der Waals surface area contributed by atoms with Gasteiger partial charge in [-0.2, -0.15) is 0 Å². The highest BCUT2D eigenvalue weighted by atomic mass is 19.1. The van der Waals surface area contributed by atoms with E-state index in [1.54, 1.807) is 0 Å². The molecule has 0 radical (unpaired) electrons. The predicted molar refractivity (Wildman–Crippen MR) is 78.6 cm³/mol. The van der Waals surface area contributed by atoms with Gasteiger partial charge < -0.3 is 16.0 Å². The fourth-order valence-electron chi connectivity index (χ4n) is 2.39. The number of halogens is 1. The SMILES string of the molecule is CC(=O)Nc1cc(C(=O)NCC2CCCNC2)ccc1F. The van der Waals surface area contributed by atoms with Crippen LogP contribution in [0.3, 0.4) is 0 Å². The van der Waals surface area contributed by atoms with Crippen molar-refractivity contribution in [1.82, 2.24) is 10.6 Å². The molecule has 1 aliphatic rings. The molecule has 1 atom stereocenters. The zero-order valence-corrected chi connectivity index (χ0v) is 12.0. The number of hydrogen-bond donors (Lipinski definition) is 3. The van der Waals surface area contributed by atoms with Crippen molar-refractivity contribution < 1.29 is 14.0 Å². The largest absolute Gasteiger partial charge is 0.352 e. The second kappa shape index (κ2) is 7.17. The van der Waals surface area contributed by atoms with Crippen LogP contribution in [0.1, 0.15) is 30.1 Å². The lowest BCUT2D eigenvalue weighted by Gasteiger charge is -2.22. The number of anilines is 1. The summed E-state index contributed by atoms with van der Waals surface area (Å²) in [6.45, 7) is 3.82. The van der Waals surface area contributed by atoms with Crippen molar-refractivity contribution in [3.63, 3.8) is 0 Å². The number of piperidine rings is 1. The molecule has 2 amide bonds. The zero-order valence-electron chi connectivity index (χ0n) is 12.0. The molecule has 0 saturated carbocycles. The number of nitrogens with one attached hydrogen (secondary N) is 3. The number of hydrogen-bond acceptors (Lipinski definition) is 3. The summed E-state index contributed by atoms with van der Waals surface area (Å²) in [5.41, 5.74) is 0.360. The molecule has 1 fully saturated rings. The normalized spacial score (nSPS) is 18.1. The Morgan fingerprint density at radius 3 is 2.90 bits per heavy atom. The number of carbonyl (C=O) groups is 2. The maximum absolute atomic E-state index is 13.5. The van der Waals surface area contributed by atoms with Crippen LogP contribution in [0.2, 0.25) is 0 Å². The van der Waals surface area contributed by atoms with Crippen LogP contribution < -0.4 is 16.0 Å². The van der Waals surface area contributed by atoms with Crippen LogP contribution in [-0.4, -0.2) is 31.4 Å². The summed E-state index contributed by atoms with van der Waals surface area (Å²) in [5, 5.41) is 8.51. The van der Waals surface area contributed by atoms with Crippen molar-refractivity contribution in [3.8, 4) is 0 Å². The summed E-state index contributed by atoms with van der Waals surface area (Å²) < 4.78 is 13.5. The van der Waals surface area contributed by atoms with Crippen LogP contribution in [0.5, 0.6) is 0 Å². The van der Waals surface area contributed by atoms with Crippen LogP contribution in [0, 0.1) is 11.7 Å². The first kappa shape index (κ1) is 15.4. The minimum absolute atomic E-state index is 0.0227. The van der Waals surface area contributed by atoms with Crippen LogP contribution in [0.25, 0.3) is 0 Å². The Bertz CT molecular complexity index is 528. The van der Waals surface area contributed by atoms with Gasteiger partial charge in [0.25, 0.3) is 5.91 Å². The number of carbonyl (C=O) groups excluding carboxylic acids is 2.